The molecule has 16 heavy (non-hydrogen) atoms. The standard InChI is InChI=1S/C13H23N3/c1-15(2)9-6-10-16(3)11-12-7-4-5-8-13(12)14/h4-5,7-8H,6,9-11,14H2,1-3H3. The maximum Gasteiger partial charge on any atom is 0.0359 e. The van der Waals surface area contributed by atoms with Crippen molar-refractivity contribution in [1.29, 1.82) is 0 Å². The maximum atomic E-state index is 5.91. The third kappa shape index (κ3) is 4.64. The summed E-state index contributed by atoms with van der Waals surface area (Å²) in [6.07, 6.45) is 1.19. The van der Waals surface area contributed by atoms with Crippen molar-refractivity contribution in [3.8, 4) is 0 Å². The molecule has 0 saturated carbocycles. The Morgan fingerprint density at radius 1 is 1.06 bits per heavy atom. The van der Waals surface area contributed by atoms with E-state index in [4.69, 9.17) is 5.73 Å². The lowest BCUT2D eigenvalue weighted by atomic mass is 10.1. The van der Waals surface area contributed by atoms with E-state index < -0.39 is 0 Å². The first-order chi connectivity index (χ1) is 7.59. The van der Waals surface area contributed by atoms with Gasteiger partial charge < -0.3 is 15.5 Å². The van der Waals surface area contributed by atoms with Crippen molar-refractivity contribution >= 4 is 5.69 Å². The molecule has 0 fully saturated rings. The summed E-state index contributed by atoms with van der Waals surface area (Å²) in [6, 6.07) is 8.07. The summed E-state index contributed by atoms with van der Waals surface area (Å²) in [5.41, 5.74) is 8.02. The average molecular weight is 221 g/mol. The van der Waals surface area contributed by atoms with E-state index in [1.54, 1.807) is 0 Å². The van der Waals surface area contributed by atoms with E-state index in [0.29, 0.717) is 0 Å². The quantitative estimate of drug-likeness (QED) is 0.741. The van der Waals surface area contributed by atoms with Crippen LogP contribution in [0.2, 0.25) is 0 Å². The number of nitrogens with two attached hydrogens (primary N) is 1. The first-order valence-electron chi connectivity index (χ1n) is 5.76. The van der Waals surface area contributed by atoms with Gasteiger partial charge in [0.05, 0.1) is 0 Å². The van der Waals surface area contributed by atoms with Crippen molar-refractivity contribution in [2.24, 2.45) is 0 Å². The second kappa shape index (κ2) is 6.51. The van der Waals surface area contributed by atoms with Crippen LogP contribution in [0.5, 0.6) is 0 Å². The second-order valence-corrected chi connectivity index (χ2v) is 4.59. The van der Waals surface area contributed by atoms with Crippen LogP contribution in [0.25, 0.3) is 0 Å². The van der Waals surface area contributed by atoms with E-state index >= 15 is 0 Å². The molecule has 0 atom stereocenters. The van der Waals surface area contributed by atoms with Gasteiger partial charge in [-0.15, -0.1) is 0 Å². The molecule has 0 heterocycles. The summed E-state index contributed by atoms with van der Waals surface area (Å²) in [6.45, 7) is 3.17. The third-order valence-corrected chi connectivity index (χ3v) is 2.64. The fraction of sp³-hybridized carbons (Fsp3) is 0.538. The van der Waals surface area contributed by atoms with Crippen LogP contribution in [0, 0.1) is 0 Å². The van der Waals surface area contributed by atoms with Crippen LogP contribution < -0.4 is 5.73 Å². The van der Waals surface area contributed by atoms with Gasteiger partial charge in [-0.25, -0.2) is 0 Å². The molecule has 3 nitrogen and oxygen atoms in total. The van der Waals surface area contributed by atoms with Gasteiger partial charge >= 0.3 is 0 Å². The van der Waals surface area contributed by atoms with Gasteiger partial charge in [-0.05, 0) is 52.3 Å². The summed E-state index contributed by atoms with van der Waals surface area (Å²) in [5, 5.41) is 0. The second-order valence-electron chi connectivity index (χ2n) is 4.59. The van der Waals surface area contributed by atoms with Crippen molar-refractivity contribution < 1.29 is 0 Å². The van der Waals surface area contributed by atoms with Crippen molar-refractivity contribution in [1.82, 2.24) is 9.80 Å². The van der Waals surface area contributed by atoms with Gasteiger partial charge in [0.1, 0.15) is 0 Å². The maximum absolute atomic E-state index is 5.91. The Hall–Kier alpha value is -1.06. The molecule has 3 heteroatoms. The number of benzene rings is 1. The molecular formula is C13H23N3. The molecule has 2 N–H and O–H groups in total. The zero-order valence-corrected chi connectivity index (χ0v) is 10.6. The fourth-order valence-corrected chi connectivity index (χ4v) is 1.70. The Balaban J connectivity index is 2.34. The number of hydrogen-bond acceptors (Lipinski definition) is 3. The number of anilines is 1. The van der Waals surface area contributed by atoms with Gasteiger partial charge in [0, 0.05) is 12.2 Å². The number of nitrogen functional groups attached to an aromatic ring is 1. The molecule has 0 radical (unpaired) electrons. The molecule has 0 saturated heterocycles. The molecule has 0 aromatic heterocycles. The normalized spacial score (nSPS) is 11.3. The topological polar surface area (TPSA) is 32.5 Å². The number of rotatable bonds is 6. The highest BCUT2D eigenvalue weighted by molar-refractivity contribution is 5.46. The van der Waals surface area contributed by atoms with Gasteiger partial charge in [-0.2, -0.15) is 0 Å². The predicted molar refractivity (Wildman–Crippen MR) is 70.4 cm³/mol. The average Bonchev–Trinajstić information content (AvgIpc) is 2.21. The van der Waals surface area contributed by atoms with Crippen LogP contribution in [0.4, 0.5) is 5.69 Å². The van der Waals surface area contributed by atoms with Crippen LogP contribution in [0.15, 0.2) is 24.3 Å². The Labute approximate surface area is 98.8 Å². The smallest absolute Gasteiger partial charge is 0.0359 e. The van der Waals surface area contributed by atoms with E-state index in [9.17, 15) is 0 Å². The number of para-hydroxylation sites is 1. The van der Waals surface area contributed by atoms with Crippen molar-refractivity contribution in [3.05, 3.63) is 29.8 Å². The summed E-state index contributed by atoms with van der Waals surface area (Å²) in [5.74, 6) is 0. The summed E-state index contributed by atoms with van der Waals surface area (Å²) in [4.78, 5) is 4.53. The lowest BCUT2D eigenvalue weighted by Gasteiger charge is -2.19. The lowest BCUT2D eigenvalue weighted by molar-refractivity contribution is 0.295. The molecule has 0 amide bonds. The minimum Gasteiger partial charge on any atom is -0.398 e. The zero-order chi connectivity index (χ0) is 12.0. The van der Waals surface area contributed by atoms with Crippen LogP contribution in [0.1, 0.15) is 12.0 Å². The predicted octanol–water partition coefficient (Wildman–Crippen LogP) is 1.65. The van der Waals surface area contributed by atoms with Gasteiger partial charge in [0.25, 0.3) is 0 Å². The van der Waals surface area contributed by atoms with Gasteiger partial charge in [-0.1, -0.05) is 18.2 Å². The highest BCUT2D eigenvalue weighted by atomic mass is 15.1. The Kier molecular flexibility index (Phi) is 5.29. The van der Waals surface area contributed by atoms with Crippen LogP contribution in [0.3, 0.4) is 0 Å². The molecule has 0 aliphatic rings. The van der Waals surface area contributed by atoms with Gasteiger partial charge in [0.15, 0.2) is 0 Å². The van der Waals surface area contributed by atoms with E-state index in [1.165, 1.54) is 12.0 Å². The molecule has 1 aromatic carbocycles. The summed E-state index contributed by atoms with van der Waals surface area (Å²) in [7, 11) is 6.35. The van der Waals surface area contributed by atoms with E-state index in [0.717, 1.165) is 25.3 Å². The summed E-state index contributed by atoms with van der Waals surface area (Å²) < 4.78 is 0. The molecule has 1 rings (SSSR count). The first kappa shape index (κ1) is 13.0. The minimum absolute atomic E-state index is 0.891. The van der Waals surface area contributed by atoms with Gasteiger partial charge in [-0.3, -0.25) is 0 Å². The zero-order valence-electron chi connectivity index (χ0n) is 10.6. The first-order valence-corrected chi connectivity index (χ1v) is 5.76. The Morgan fingerprint density at radius 2 is 1.75 bits per heavy atom. The number of hydrogen-bond donors (Lipinski definition) is 1. The highest BCUT2D eigenvalue weighted by Crippen LogP contribution is 2.12. The molecule has 0 aliphatic carbocycles. The molecule has 1 aromatic rings. The SMILES string of the molecule is CN(C)CCCN(C)Cc1ccccc1N. The molecule has 0 aliphatic heterocycles. The Morgan fingerprint density at radius 3 is 2.38 bits per heavy atom. The van der Waals surface area contributed by atoms with E-state index in [-0.39, 0.29) is 0 Å². The van der Waals surface area contributed by atoms with Crippen LogP contribution in [-0.4, -0.2) is 44.0 Å². The van der Waals surface area contributed by atoms with Crippen molar-refractivity contribution in [2.45, 2.75) is 13.0 Å². The van der Waals surface area contributed by atoms with Gasteiger partial charge in [0.2, 0.25) is 0 Å². The summed E-state index contributed by atoms with van der Waals surface area (Å²) >= 11 is 0. The molecular weight excluding hydrogens is 198 g/mol. The molecule has 90 valence electrons. The lowest BCUT2D eigenvalue weighted by Crippen LogP contribution is -2.23. The largest absolute Gasteiger partial charge is 0.398 e. The van der Waals surface area contributed by atoms with Crippen LogP contribution in [-0.2, 0) is 6.54 Å². The van der Waals surface area contributed by atoms with Crippen LogP contribution >= 0.6 is 0 Å². The number of nitrogens with zero attached hydrogens (tertiary/aromatic N) is 2. The van der Waals surface area contributed by atoms with E-state index in [1.807, 2.05) is 18.2 Å². The third-order valence-electron chi connectivity index (χ3n) is 2.64. The Bertz CT molecular complexity index is 310. The minimum atomic E-state index is 0.891. The van der Waals surface area contributed by atoms with Crippen molar-refractivity contribution in [2.75, 3.05) is 40.0 Å². The molecule has 0 spiro atoms. The van der Waals surface area contributed by atoms with Crippen molar-refractivity contribution in [3.63, 3.8) is 0 Å². The molecule has 0 unspecified atom stereocenters. The van der Waals surface area contributed by atoms with E-state index in [2.05, 4.69) is 37.0 Å². The molecule has 0 bridgehead atoms. The monoisotopic (exact) mass is 221 g/mol. The fourth-order valence-electron chi connectivity index (χ4n) is 1.70. The highest BCUT2D eigenvalue weighted by Gasteiger charge is 2.02.